The number of pyridine rings is 1. The van der Waals surface area contributed by atoms with E-state index in [1.807, 2.05) is 65.5 Å². The summed E-state index contributed by atoms with van der Waals surface area (Å²) >= 11 is 0. The monoisotopic (exact) mass is 1030 g/mol. The minimum atomic E-state index is -7.22. The standard InChI is InChI=1S/C24BF20.C24H18NO2/c26-5-1(6(27)14(35)21(42)13(5)34)25(2-7(28)15(36)22(43)16(37)8(2)29,3-9(30)17(38)23(44)18(39)10(3)31)4-11(32)19(40)24(45)20(41)12(4)33;26-23(17-25-15-14-18-6-4-5-9-22(18)16-25)19-10-12-21(13-11-19)24(27)20-7-2-1-3-8-20/h;1-16H,17H2/q-1;+1. The van der Waals surface area contributed by atoms with Gasteiger partial charge in [0.05, 0.1) is 0 Å². The van der Waals surface area contributed by atoms with Gasteiger partial charge in [-0.25, -0.2) is 87.8 Å². The normalized spacial score (nSPS) is 11.5. The third-order valence-electron chi connectivity index (χ3n) is 11.3. The highest BCUT2D eigenvalue weighted by molar-refractivity contribution is 7.20. The summed E-state index contributed by atoms with van der Waals surface area (Å²) in [6.45, 7) is 0.261. The molecular formula is C48H18BF20NO2. The van der Waals surface area contributed by atoms with E-state index in [0.29, 0.717) is 16.7 Å². The number of ketones is 2. The van der Waals surface area contributed by atoms with Crippen molar-refractivity contribution in [3.05, 3.63) is 230 Å². The van der Waals surface area contributed by atoms with Crippen LogP contribution in [0.4, 0.5) is 87.8 Å². The van der Waals surface area contributed by atoms with E-state index in [4.69, 9.17) is 0 Å². The molecule has 0 saturated heterocycles. The van der Waals surface area contributed by atoms with Crippen LogP contribution in [0.5, 0.6) is 0 Å². The molecule has 0 saturated carbocycles. The first-order valence-corrected chi connectivity index (χ1v) is 19.7. The number of fused-ring (bicyclic) bond motifs is 1. The molecule has 1 aromatic heterocycles. The number of hydrogen-bond donors (Lipinski definition) is 0. The van der Waals surface area contributed by atoms with Crippen LogP contribution in [0.2, 0.25) is 0 Å². The lowest BCUT2D eigenvalue weighted by atomic mass is 9.12. The third kappa shape index (κ3) is 8.36. The average Bonchev–Trinajstić information content (AvgIpc) is 3.38. The molecule has 0 aliphatic heterocycles. The number of nitrogens with zero attached hydrogens (tertiary/aromatic N) is 1. The van der Waals surface area contributed by atoms with Crippen molar-refractivity contribution in [3.8, 4) is 0 Å². The zero-order valence-electron chi connectivity index (χ0n) is 34.8. The Morgan fingerprint density at radius 1 is 0.319 bits per heavy atom. The number of hydrogen-bond acceptors (Lipinski definition) is 2. The van der Waals surface area contributed by atoms with Crippen molar-refractivity contribution < 1.29 is 102 Å². The summed E-state index contributed by atoms with van der Waals surface area (Å²) in [5.41, 5.74) is -12.5. The Morgan fingerprint density at radius 3 is 0.944 bits per heavy atom. The molecule has 8 rings (SSSR count). The molecule has 0 N–H and O–H groups in total. The molecule has 72 heavy (non-hydrogen) atoms. The summed E-state index contributed by atoms with van der Waals surface area (Å²) in [5, 5.41) is 2.24. The van der Waals surface area contributed by atoms with Crippen molar-refractivity contribution in [2.24, 2.45) is 0 Å². The van der Waals surface area contributed by atoms with Gasteiger partial charge in [0.25, 0.3) is 0 Å². The number of carbonyl (C=O) groups excluding carboxylic acids is 2. The Hall–Kier alpha value is -8.05. The average molecular weight is 1030 g/mol. The number of benzene rings is 7. The molecule has 370 valence electrons. The molecule has 8 aromatic rings. The number of carbonyl (C=O) groups is 2. The lowest BCUT2D eigenvalue weighted by Crippen LogP contribution is -2.81. The van der Waals surface area contributed by atoms with Gasteiger partial charge in [0, 0.05) is 28.1 Å². The molecule has 3 nitrogen and oxygen atoms in total. The molecule has 0 amide bonds. The minimum Gasteiger partial charge on any atom is -0.289 e. The summed E-state index contributed by atoms with van der Waals surface area (Å²) in [5.74, 6) is -71.4. The Bertz CT molecular complexity index is 3160. The second-order valence-electron chi connectivity index (χ2n) is 15.2. The maximum absolute atomic E-state index is 15.4. The van der Waals surface area contributed by atoms with Crippen molar-refractivity contribution in [2.75, 3.05) is 0 Å². The van der Waals surface area contributed by atoms with Crippen LogP contribution in [0.3, 0.4) is 0 Å². The summed E-state index contributed by atoms with van der Waals surface area (Å²) in [6, 6.07) is 26.1. The second-order valence-corrected chi connectivity index (χ2v) is 15.2. The number of aromatic nitrogens is 1. The summed E-state index contributed by atoms with van der Waals surface area (Å²) < 4.78 is 296. The van der Waals surface area contributed by atoms with Gasteiger partial charge < -0.3 is 0 Å². The van der Waals surface area contributed by atoms with Crippen molar-refractivity contribution in [1.29, 1.82) is 0 Å². The van der Waals surface area contributed by atoms with Gasteiger partial charge in [-0.15, -0.1) is 21.9 Å². The van der Waals surface area contributed by atoms with E-state index < -0.39 is 144 Å². The van der Waals surface area contributed by atoms with Gasteiger partial charge in [-0.3, -0.25) is 9.59 Å². The largest absolute Gasteiger partial charge is 0.289 e. The second kappa shape index (κ2) is 19.6. The van der Waals surface area contributed by atoms with Crippen LogP contribution in [-0.4, -0.2) is 17.7 Å². The molecule has 24 heteroatoms. The molecule has 0 fully saturated rings. The number of rotatable bonds is 9. The zero-order chi connectivity index (χ0) is 53.0. The smallest absolute Gasteiger partial charge is 0.227 e. The van der Waals surface area contributed by atoms with E-state index in [1.54, 1.807) is 36.4 Å². The fourth-order valence-electron chi connectivity index (χ4n) is 7.97. The van der Waals surface area contributed by atoms with E-state index in [0.717, 1.165) is 10.8 Å². The van der Waals surface area contributed by atoms with Crippen LogP contribution in [0, 0.1) is 116 Å². The third-order valence-corrected chi connectivity index (χ3v) is 11.3. The molecule has 0 radical (unpaired) electrons. The van der Waals surface area contributed by atoms with Gasteiger partial charge in [0.2, 0.25) is 12.3 Å². The Balaban J connectivity index is 0.000000238. The van der Waals surface area contributed by atoms with Gasteiger partial charge in [0.15, 0.2) is 88.0 Å². The number of halogens is 20. The highest BCUT2D eigenvalue weighted by Gasteiger charge is 2.52. The summed E-state index contributed by atoms with van der Waals surface area (Å²) in [6.07, 6.45) is -3.33. The first kappa shape index (κ1) is 51.8. The number of Topliss-reactive ketones (excluding diaryl/α,β-unsaturated/α-hetero) is 1. The van der Waals surface area contributed by atoms with E-state index in [-0.39, 0.29) is 18.1 Å². The van der Waals surface area contributed by atoms with Crippen molar-refractivity contribution >= 4 is 50.3 Å². The van der Waals surface area contributed by atoms with Crippen molar-refractivity contribution in [1.82, 2.24) is 0 Å². The highest BCUT2D eigenvalue weighted by Crippen LogP contribution is 2.31. The van der Waals surface area contributed by atoms with E-state index in [1.165, 1.54) is 0 Å². The van der Waals surface area contributed by atoms with Gasteiger partial charge in [-0.1, -0.05) is 72.8 Å². The molecule has 0 unspecified atom stereocenters. The quantitative estimate of drug-likeness (QED) is 0.0361. The topological polar surface area (TPSA) is 38.0 Å². The fourth-order valence-corrected chi connectivity index (χ4v) is 7.97. The van der Waals surface area contributed by atoms with Crippen molar-refractivity contribution in [3.63, 3.8) is 0 Å². The molecule has 0 atom stereocenters. The van der Waals surface area contributed by atoms with Crippen LogP contribution in [0.1, 0.15) is 26.3 Å². The first-order chi connectivity index (χ1) is 33.9. The molecular weight excluding hydrogens is 1010 g/mol. The summed E-state index contributed by atoms with van der Waals surface area (Å²) in [7, 11) is 0. The maximum Gasteiger partial charge on any atom is 0.227 e. The molecule has 0 aliphatic carbocycles. The van der Waals surface area contributed by atoms with E-state index in [9.17, 15) is 62.3 Å². The predicted octanol–water partition coefficient (Wildman–Crippen LogP) is 10.1. The van der Waals surface area contributed by atoms with Crippen LogP contribution in [0.15, 0.2) is 97.3 Å². The zero-order valence-corrected chi connectivity index (χ0v) is 34.8. The Kier molecular flexibility index (Phi) is 14.1. The fraction of sp³-hybridized carbons (Fsp3) is 0.0208. The van der Waals surface area contributed by atoms with E-state index >= 15 is 35.1 Å². The molecule has 0 aliphatic rings. The SMILES string of the molecule is Fc1c(F)c(F)c([B-](c2c(F)c(F)c(F)c(F)c2F)(c2c(F)c(F)c(F)c(F)c2F)c2c(F)c(F)c(F)c(F)c2F)c(F)c1F.O=C(C[n+]1ccc2ccccc2c1)c1ccc(C(=O)c2ccccc2)cc1. The van der Waals surface area contributed by atoms with Gasteiger partial charge in [0.1, 0.15) is 52.7 Å². The Morgan fingerprint density at radius 2 is 0.597 bits per heavy atom. The molecule has 1 heterocycles. The van der Waals surface area contributed by atoms with Crippen molar-refractivity contribution in [2.45, 2.75) is 6.54 Å². The molecule has 7 aromatic carbocycles. The minimum absolute atomic E-state index is 0.00833. The lowest BCUT2D eigenvalue weighted by Gasteiger charge is -2.44. The van der Waals surface area contributed by atoms with Crippen LogP contribution >= 0.6 is 0 Å². The maximum atomic E-state index is 15.4. The Labute approximate surface area is 388 Å². The van der Waals surface area contributed by atoms with Gasteiger partial charge in [-0.05, 0) is 11.5 Å². The molecule has 0 spiro atoms. The van der Waals surface area contributed by atoms with Crippen LogP contribution < -0.4 is 26.4 Å². The lowest BCUT2D eigenvalue weighted by molar-refractivity contribution is -0.681. The van der Waals surface area contributed by atoms with Gasteiger partial charge in [-0.2, -0.15) is 4.57 Å². The van der Waals surface area contributed by atoms with Crippen LogP contribution in [-0.2, 0) is 6.54 Å². The first-order valence-electron chi connectivity index (χ1n) is 19.7. The van der Waals surface area contributed by atoms with Gasteiger partial charge >= 0.3 is 0 Å². The summed E-state index contributed by atoms with van der Waals surface area (Å²) in [4.78, 5) is 25.0. The molecule has 0 bridgehead atoms. The highest BCUT2D eigenvalue weighted by atomic mass is 19.2. The van der Waals surface area contributed by atoms with Crippen LogP contribution in [0.25, 0.3) is 10.8 Å². The van der Waals surface area contributed by atoms with E-state index in [2.05, 4.69) is 0 Å². The predicted molar refractivity (Wildman–Crippen MR) is 214 cm³/mol.